The van der Waals surface area contributed by atoms with Crippen LogP contribution in [0.25, 0.3) is 32.3 Å². The maximum Gasteiger partial charge on any atom is 0.0799 e. The van der Waals surface area contributed by atoms with E-state index < -0.39 is 6.10 Å². The van der Waals surface area contributed by atoms with Crippen molar-refractivity contribution in [3.05, 3.63) is 90.0 Å². The summed E-state index contributed by atoms with van der Waals surface area (Å²) in [7, 11) is 4.10. The average Bonchev–Trinajstić information content (AvgIpc) is 2.76. The van der Waals surface area contributed by atoms with Gasteiger partial charge in [-0.3, -0.25) is 0 Å². The molecule has 1 N–H and O–H groups in total. The number of hydrogen-bond acceptors (Lipinski definition) is 2. The van der Waals surface area contributed by atoms with Gasteiger partial charge in [0.2, 0.25) is 0 Å². The first-order chi connectivity index (χ1) is 14.1. The van der Waals surface area contributed by atoms with Gasteiger partial charge in [-0.15, -0.1) is 0 Å². The minimum Gasteiger partial charge on any atom is -0.388 e. The second kappa shape index (κ2) is 7.06. The molecule has 2 nitrogen and oxygen atoms in total. The molecule has 5 aromatic rings. The van der Waals surface area contributed by atoms with Crippen LogP contribution in [0.3, 0.4) is 0 Å². The number of benzene rings is 5. The lowest BCUT2D eigenvalue weighted by Gasteiger charge is -2.18. The topological polar surface area (TPSA) is 23.5 Å². The summed E-state index contributed by atoms with van der Waals surface area (Å²) >= 11 is 0. The molecule has 2 heteroatoms. The predicted octanol–water partition coefficient (Wildman–Crippen LogP) is 6.32. The highest BCUT2D eigenvalue weighted by molar-refractivity contribution is 6.23. The van der Waals surface area contributed by atoms with Crippen LogP contribution in [0.1, 0.15) is 23.7 Å². The summed E-state index contributed by atoms with van der Waals surface area (Å²) in [6.07, 6.45) is 1.09. The monoisotopic (exact) mass is 379 g/mol. The van der Waals surface area contributed by atoms with Gasteiger partial charge < -0.3 is 10.0 Å². The van der Waals surface area contributed by atoms with E-state index in [0.717, 1.165) is 12.0 Å². The molecule has 0 bridgehead atoms. The molecule has 5 aromatic carbocycles. The Labute approximate surface area is 171 Å². The highest BCUT2D eigenvalue weighted by Gasteiger charge is 2.15. The van der Waals surface area contributed by atoms with Crippen molar-refractivity contribution in [2.75, 3.05) is 19.0 Å². The minimum atomic E-state index is -0.479. The van der Waals surface area contributed by atoms with Gasteiger partial charge in [0.05, 0.1) is 6.10 Å². The van der Waals surface area contributed by atoms with E-state index in [1.807, 2.05) is 14.1 Å². The normalized spacial score (nSPS) is 12.8. The molecule has 0 aromatic heterocycles. The lowest BCUT2D eigenvalue weighted by molar-refractivity contribution is 0.169. The molecule has 29 heavy (non-hydrogen) atoms. The highest BCUT2D eigenvalue weighted by atomic mass is 16.3. The van der Waals surface area contributed by atoms with E-state index in [1.165, 1.54) is 43.6 Å². The Kier molecular flexibility index (Phi) is 4.37. The summed E-state index contributed by atoms with van der Waals surface area (Å²) in [5, 5.41) is 18.5. The fourth-order valence-corrected chi connectivity index (χ4v) is 4.47. The third-order valence-corrected chi connectivity index (χ3v) is 6.08. The van der Waals surface area contributed by atoms with Crippen molar-refractivity contribution in [2.24, 2.45) is 0 Å². The maximum absolute atomic E-state index is 11.0. The summed E-state index contributed by atoms with van der Waals surface area (Å²) in [6.45, 7) is 0. The lowest BCUT2D eigenvalue weighted by atomic mass is 9.89. The molecule has 0 unspecified atom stereocenters. The van der Waals surface area contributed by atoms with Crippen LogP contribution < -0.4 is 4.90 Å². The molecule has 144 valence electrons. The number of aliphatic hydroxyl groups is 1. The maximum atomic E-state index is 11.0. The molecule has 0 radical (unpaired) electrons. The Hall–Kier alpha value is -3.10. The summed E-state index contributed by atoms with van der Waals surface area (Å²) in [6, 6.07) is 28.0. The third kappa shape index (κ3) is 3.10. The van der Waals surface area contributed by atoms with E-state index in [9.17, 15) is 5.11 Å². The molecule has 0 amide bonds. The number of anilines is 1. The standard InChI is InChI=1S/C27H25NO/c1-28(2)22-13-6-18(7-14-22)8-17-25(29)23-15-11-21-10-9-19-4-3-5-20-12-16-24(23)27(21)26(19)20/h3-7,9-16,25,29H,8,17H2,1-2H3/t25-/m1/s1. The van der Waals surface area contributed by atoms with Crippen LogP contribution in [0.5, 0.6) is 0 Å². The largest absolute Gasteiger partial charge is 0.388 e. The van der Waals surface area contributed by atoms with Crippen LogP contribution in [0.2, 0.25) is 0 Å². The van der Waals surface area contributed by atoms with E-state index in [1.54, 1.807) is 0 Å². The van der Waals surface area contributed by atoms with Crippen molar-refractivity contribution >= 4 is 38.0 Å². The van der Waals surface area contributed by atoms with Crippen molar-refractivity contribution in [2.45, 2.75) is 18.9 Å². The number of nitrogens with zero attached hydrogens (tertiary/aromatic N) is 1. The van der Waals surface area contributed by atoms with Crippen LogP contribution in [0.15, 0.2) is 78.9 Å². The quantitative estimate of drug-likeness (QED) is 0.361. The number of aryl methyl sites for hydroxylation is 1. The van der Waals surface area contributed by atoms with Crippen LogP contribution in [0, 0.1) is 0 Å². The van der Waals surface area contributed by atoms with Gasteiger partial charge in [0.1, 0.15) is 0 Å². The summed E-state index contributed by atoms with van der Waals surface area (Å²) < 4.78 is 0. The molecule has 5 rings (SSSR count). The van der Waals surface area contributed by atoms with E-state index in [-0.39, 0.29) is 0 Å². The molecule has 0 saturated heterocycles. The Balaban J connectivity index is 1.49. The van der Waals surface area contributed by atoms with Gasteiger partial charge in [-0.25, -0.2) is 0 Å². The van der Waals surface area contributed by atoms with Gasteiger partial charge >= 0.3 is 0 Å². The van der Waals surface area contributed by atoms with Crippen molar-refractivity contribution in [3.8, 4) is 0 Å². The van der Waals surface area contributed by atoms with Gasteiger partial charge in [-0.1, -0.05) is 66.7 Å². The molecule has 0 spiro atoms. The molecule has 0 aliphatic carbocycles. The molecule has 0 heterocycles. The minimum absolute atomic E-state index is 0.479. The second-order valence-corrected chi connectivity index (χ2v) is 8.13. The summed E-state index contributed by atoms with van der Waals surface area (Å²) in [4.78, 5) is 2.10. The smallest absolute Gasteiger partial charge is 0.0799 e. The predicted molar refractivity (Wildman–Crippen MR) is 124 cm³/mol. The fourth-order valence-electron chi connectivity index (χ4n) is 4.47. The van der Waals surface area contributed by atoms with Crippen LogP contribution in [-0.2, 0) is 6.42 Å². The van der Waals surface area contributed by atoms with Gasteiger partial charge in [0, 0.05) is 19.8 Å². The molecule has 0 saturated carbocycles. The van der Waals surface area contributed by atoms with Crippen molar-refractivity contribution in [1.82, 2.24) is 0 Å². The summed E-state index contributed by atoms with van der Waals surface area (Å²) in [5.41, 5.74) is 3.48. The van der Waals surface area contributed by atoms with E-state index in [0.29, 0.717) is 6.42 Å². The molecular formula is C27H25NO. The first-order valence-corrected chi connectivity index (χ1v) is 10.2. The number of hydrogen-bond donors (Lipinski definition) is 1. The number of rotatable bonds is 5. The summed E-state index contributed by atoms with van der Waals surface area (Å²) in [5.74, 6) is 0. The van der Waals surface area contributed by atoms with E-state index in [2.05, 4.69) is 83.8 Å². The van der Waals surface area contributed by atoms with Gasteiger partial charge in [0.15, 0.2) is 0 Å². The fraction of sp³-hybridized carbons (Fsp3) is 0.185. The Morgan fingerprint density at radius 2 is 1.34 bits per heavy atom. The zero-order valence-electron chi connectivity index (χ0n) is 16.9. The lowest BCUT2D eigenvalue weighted by Crippen LogP contribution is -2.08. The van der Waals surface area contributed by atoms with Gasteiger partial charge in [0.25, 0.3) is 0 Å². The Morgan fingerprint density at radius 3 is 2.03 bits per heavy atom. The van der Waals surface area contributed by atoms with E-state index >= 15 is 0 Å². The number of aliphatic hydroxyl groups excluding tert-OH is 1. The second-order valence-electron chi connectivity index (χ2n) is 8.13. The Bertz CT molecular complexity index is 1270. The Morgan fingerprint density at radius 1 is 0.724 bits per heavy atom. The molecule has 0 fully saturated rings. The first kappa shape index (κ1) is 18.0. The van der Waals surface area contributed by atoms with Gasteiger partial charge in [-0.05, 0) is 68.4 Å². The SMILES string of the molecule is CN(C)c1ccc(CC[C@@H](O)c2ccc3ccc4cccc5ccc2c3c45)cc1. The molecule has 0 aliphatic heterocycles. The zero-order valence-corrected chi connectivity index (χ0v) is 16.9. The zero-order chi connectivity index (χ0) is 20.0. The van der Waals surface area contributed by atoms with Crippen molar-refractivity contribution in [1.29, 1.82) is 0 Å². The first-order valence-electron chi connectivity index (χ1n) is 10.2. The van der Waals surface area contributed by atoms with Crippen LogP contribution in [0.4, 0.5) is 5.69 Å². The molecule has 0 aliphatic rings. The van der Waals surface area contributed by atoms with Crippen LogP contribution in [-0.4, -0.2) is 19.2 Å². The molecular weight excluding hydrogens is 354 g/mol. The molecule has 1 atom stereocenters. The van der Waals surface area contributed by atoms with Crippen molar-refractivity contribution in [3.63, 3.8) is 0 Å². The third-order valence-electron chi connectivity index (χ3n) is 6.08. The average molecular weight is 380 g/mol. The van der Waals surface area contributed by atoms with E-state index in [4.69, 9.17) is 0 Å². The highest BCUT2D eigenvalue weighted by Crippen LogP contribution is 2.38. The van der Waals surface area contributed by atoms with Gasteiger partial charge in [-0.2, -0.15) is 0 Å². The van der Waals surface area contributed by atoms with Crippen molar-refractivity contribution < 1.29 is 5.11 Å². The van der Waals surface area contributed by atoms with Crippen LogP contribution >= 0.6 is 0 Å².